The molecule has 17 heavy (non-hydrogen) atoms. The first kappa shape index (κ1) is 16.4. The van der Waals surface area contributed by atoms with E-state index in [1.807, 2.05) is 0 Å². The third-order valence-corrected chi connectivity index (χ3v) is 2.79. The molecule has 1 atom stereocenters. The molecule has 0 saturated heterocycles. The van der Waals surface area contributed by atoms with Gasteiger partial charge in [0.05, 0.1) is 0 Å². The van der Waals surface area contributed by atoms with Gasteiger partial charge in [0.15, 0.2) is 0 Å². The number of carbonyl (C=O) groups excluding carboxylic acids is 1. The molecule has 0 heterocycles. The Morgan fingerprint density at radius 1 is 1.35 bits per heavy atom. The van der Waals surface area contributed by atoms with Crippen molar-refractivity contribution < 1.29 is 4.79 Å². The van der Waals surface area contributed by atoms with E-state index in [1.54, 1.807) is 0 Å². The van der Waals surface area contributed by atoms with Crippen LogP contribution in [0.3, 0.4) is 0 Å². The first-order valence-corrected chi connectivity index (χ1v) is 6.75. The minimum atomic E-state index is 0.115. The van der Waals surface area contributed by atoms with Crippen LogP contribution in [0.4, 0.5) is 0 Å². The van der Waals surface area contributed by atoms with Crippen molar-refractivity contribution in [3.63, 3.8) is 0 Å². The molecule has 4 nitrogen and oxygen atoms in total. The third kappa shape index (κ3) is 7.34. The van der Waals surface area contributed by atoms with Crippen molar-refractivity contribution in [3.05, 3.63) is 0 Å². The summed E-state index contributed by atoms with van der Waals surface area (Å²) in [4.78, 5) is 14.0. The number of likely N-dealkylation sites (N-methyl/N-ethyl adjacent to an activating group) is 1. The number of nitrogens with zero attached hydrogens (tertiary/aromatic N) is 1. The summed E-state index contributed by atoms with van der Waals surface area (Å²) in [6.07, 6.45) is 1.49. The number of carbonyl (C=O) groups is 1. The van der Waals surface area contributed by atoms with Gasteiger partial charge in [0.1, 0.15) is 0 Å². The molecule has 0 rings (SSSR count). The Morgan fingerprint density at radius 2 is 2.00 bits per heavy atom. The van der Waals surface area contributed by atoms with E-state index in [-0.39, 0.29) is 11.9 Å². The van der Waals surface area contributed by atoms with Gasteiger partial charge < -0.3 is 11.1 Å². The van der Waals surface area contributed by atoms with Gasteiger partial charge in [-0.3, -0.25) is 9.69 Å². The Balaban J connectivity index is 4.22. The summed E-state index contributed by atoms with van der Waals surface area (Å²) in [7, 11) is 0. The van der Waals surface area contributed by atoms with Gasteiger partial charge in [0, 0.05) is 32.1 Å². The minimum absolute atomic E-state index is 0.115. The zero-order valence-corrected chi connectivity index (χ0v) is 11.8. The summed E-state index contributed by atoms with van der Waals surface area (Å²) >= 11 is 0. The quantitative estimate of drug-likeness (QED) is 0.640. The second kappa shape index (κ2) is 9.42. The molecular formula is C13H29N3O. The number of hydrogen-bond acceptors (Lipinski definition) is 3. The van der Waals surface area contributed by atoms with E-state index in [2.05, 4.69) is 37.9 Å². The van der Waals surface area contributed by atoms with E-state index in [1.165, 1.54) is 0 Å². The van der Waals surface area contributed by atoms with Crippen molar-refractivity contribution in [1.29, 1.82) is 0 Å². The van der Waals surface area contributed by atoms with Crippen LogP contribution in [0, 0.1) is 5.92 Å². The molecule has 0 aliphatic heterocycles. The van der Waals surface area contributed by atoms with Crippen molar-refractivity contribution >= 4 is 5.91 Å². The predicted molar refractivity (Wildman–Crippen MR) is 72.8 cm³/mol. The fourth-order valence-electron chi connectivity index (χ4n) is 1.92. The monoisotopic (exact) mass is 243 g/mol. The number of nitrogens with two attached hydrogens (primary N) is 1. The summed E-state index contributed by atoms with van der Waals surface area (Å²) in [6, 6.07) is 0.166. The molecule has 0 aromatic rings. The van der Waals surface area contributed by atoms with Crippen LogP contribution >= 0.6 is 0 Å². The van der Waals surface area contributed by atoms with Crippen LogP contribution < -0.4 is 11.1 Å². The van der Waals surface area contributed by atoms with Gasteiger partial charge >= 0.3 is 0 Å². The molecule has 0 bridgehead atoms. The van der Waals surface area contributed by atoms with E-state index >= 15 is 0 Å². The summed E-state index contributed by atoms with van der Waals surface area (Å²) in [6.45, 7) is 11.8. The van der Waals surface area contributed by atoms with Crippen molar-refractivity contribution in [2.24, 2.45) is 11.7 Å². The highest BCUT2D eigenvalue weighted by atomic mass is 16.1. The number of amides is 1. The highest BCUT2D eigenvalue weighted by molar-refractivity contribution is 5.76. The van der Waals surface area contributed by atoms with Gasteiger partial charge in [-0.15, -0.1) is 0 Å². The normalized spacial score (nSPS) is 13.1. The average molecular weight is 243 g/mol. The molecule has 3 N–H and O–H groups in total. The largest absolute Gasteiger partial charge is 0.356 e. The van der Waals surface area contributed by atoms with E-state index in [9.17, 15) is 4.79 Å². The highest BCUT2D eigenvalue weighted by Gasteiger charge is 2.19. The Hall–Kier alpha value is -0.610. The maximum atomic E-state index is 11.7. The van der Waals surface area contributed by atoms with Gasteiger partial charge in [0.25, 0.3) is 0 Å². The molecular weight excluding hydrogens is 214 g/mol. The molecule has 0 saturated carbocycles. The van der Waals surface area contributed by atoms with Gasteiger partial charge in [-0.05, 0) is 18.9 Å². The van der Waals surface area contributed by atoms with Crippen LogP contribution in [0.2, 0.25) is 0 Å². The molecule has 0 aromatic carbocycles. The van der Waals surface area contributed by atoms with Crippen LogP contribution in [0.1, 0.15) is 40.5 Å². The second-order valence-electron chi connectivity index (χ2n) is 4.93. The predicted octanol–water partition coefficient (Wildman–Crippen LogP) is 1.21. The number of rotatable bonds is 9. The Bertz CT molecular complexity index is 207. The molecule has 1 unspecified atom stereocenters. The number of hydrogen-bond donors (Lipinski definition) is 2. The van der Waals surface area contributed by atoms with E-state index in [0.29, 0.717) is 18.9 Å². The lowest BCUT2D eigenvalue weighted by molar-refractivity contribution is -0.122. The molecule has 0 aliphatic rings. The van der Waals surface area contributed by atoms with Crippen molar-refractivity contribution in [1.82, 2.24) is 10.2 Å². The lowest BCUT2D eigenvalue weighted by Gasteiger charge is -2.30. The summed E-state index contributed by atoms with van der Waals surface area (Å²) in [5.41, 5.74) is 5.78. The van der Waals surface area contributed by atoms with Gasteiger partial charge in [0.2, 0.25) is 5.91 Å². The zero-order chi connectivity index (χ0) is 13.3. The Labute approximate surface area is 106 Å². The fourth-order valence-corrected chi connectivity index (χ4v) is 1.92. The van der Waals surface area contributed by atoms with Crippen LogP contribution in [-0.4, -0.2) is 43.0 Å². The third-order valence-electron chi connectivity index (χ3n) is 2.79. The summed E-state index contributed by atoms with van der Waals surface area (Å²) in [5, 5.41) is 2.91. The first-order valence-electron chi connectivity index (χ1n) is 6.75. The average Bonchev–Trinajstić information content (AvgIpc) is 2.30. The standard InChI is InChI=1S/C13H29N3O/c1-5-7-15-13(17)8-12(9-14)16(6-2)10-11(3)4/h11-12H,5-10,14H2,1-4H3,(H,15,17). The van der Waals surface area contributed by atoms with Crippen LogP contribution in [0.25, 0.3) is 0 Å². The molecule has 0 aromatic heterocycles. The molecule has 102 valence electrons. The molecule has 0 aliphatic carbocycles. The fraction of sp³-hybridized carbons (Fsp3) is 0.923. The Kier molecular flexibility index (Phi) is 9.09. The van der Waals surface area contributed by atoms with Crippen molar-refractivity contribution in [2.75, 3.05) is 26.2 Å². The summed E-state index contributed by atoms with van der Waals surface area (Å²) < 4.78 is 0. The highest BCUT2D eigenvalue weighted by Crippen LogP contribution is 2.07. The van der Waals surface area contributed by atoms with Crippen LogP contribution in [0.15, 0.2) is 0 Å². The van der Waals surface area contributed by atoms with Crippen LogP contribution in [0.5, 0.6) is 0 Å². The SMILES string of the molecule is CCCNC(=O)CC(CN)N(CC)CC(C)C. The van der Waals surface area contributed by atoms with E-state index in [4.69, 9.17) is 5.73 Å². The summed E-state index contributed by atoms with van der Waals surface area (Å²) in [5.74, 6) is 0.715. The van der Waals surface area contributed by atoms with Crippen LogP contribution in [-0.2, 0) is 4.79 Å². The first-order chi connectivity index (χ1) is 8.04. The van der Waals surface area contributed by atoms with Gasteiger partial charge in [-0.25, -0.2) is 0 Å². The zero-order valence-electron chi connectivity index (χ0n) is 11.8. The smallest absolute Gasteiger partial charge is 0.221 e. The Morgan fingerprint density at radius 3 is 2.41 bits per heavy atom. The second-order valence-corrected chi connectivity index (χ2v) is 4.93. The lowest BCUT2D eigenvalue weighted by Crippen LogP contribution is -2.45. The van der Waals surface area contributed by atoms with Crippen molar-refractivity contribution in [3.8, 4) is 0 Å². The topological polar surface area (TPSA) is 58.4 Å². The molecule has 4 heteroatoms. The minimum Gasteiger partial charge on any atom is -0.356 e. The number of nitrogens with one attached hydrogen (secondary N) is 1. The van der Waals surface area contributed by atoms with Gasteiger partial charge in [-0.1, -0.05) is 27.7 Å². The van der Waals surface area contributed by atoms with E-state index < -0.39 is 0 Å². The maximum absolute atomic E-state index is 11.7. The molecule has 0 fully saturated rings. The molecule has 0 radical (unpaired) electrons. The lowest BCUT2D eigenvalue weighted by atomic mass is 10.1. The van der Waals surface area contributed by atoms with E-state index in [0.717, 1.165) is 26.1 Å². The molecule has 1 amide bonds. The van der Waals surface area contributed by atoms with Crippen molar-refractivity contribution in [2.45, 2.75) is 46.6 Å². The maximum Gasteiger partial charge on any atom is 0.221 e. The molecule has 0 spiro atoms. The van der Waals surface area contributed by atoms with Gasteiger partial charge in [-0.2, -0.15) is 0 Å².